The molecule has 2 unspecified atom stereocenters. The van der Waals surface area contributed by atoms with Crippen molar-refractivity contribution in [2.75, 3.05) is 12.3 Å². The Bertz CT molecular complexity index is 996. The number of para-hydroxylation sites is 2. The van der Waals surface area contributed by atoms with Crippen LogP contribution in [0.3, 0.4) is 0 Å². The summed E-state index contributed by atoms with van der Waals surface area (Å²) in [5, 5.41) is 11.7. The largest absolute Gasteiger partial charge is 0.457 e. The summed E-state index contributed by atoms with van der Waals surface area (Å²) in [6, 6.07) is 17.9. The van der Waals surface area contributed by atoms with Crippen LogP contribution in [0, 0.1) is 23.3 Å². The Labute approximate surface area is 201 Å². The highest BCUT2D eigenvalue weighted by Gasteiger charge is 2.30. The number of ketones is 1. The first-order valence-electron chi connectivity index (χ1n) is 11.6. The molecule has 1 aliphatic rings. The monoisotopic (exact) mass is 460 g/mol. The minimum absolute atomic E-state index is 0.128. The van der Waals surface area contributed by atoms with Gasteiger partial charge in [0.1, 0.15) is 11.5 Å². The van der Waals surface area contributed by atoms with Gasteiger partial charge in [-0.25, -0.2) is 0 Å². The summed E-state index contributed by atoms with van der Waals surface area (Å²) in [5.74, 6) is 2.74. The van der Waals surface area contributed by atoms with Crippen molar-refractivity contribution in [1.29, 1.82) is 5.26 Å². The highest BCUT2D eigenvalue weighted by atomic mass is 32.2. The van der Waals surface area contributed by atoms with Crippen molar-refractivity contribution in [1.82, 2.24) is 5.32 Å². The highest BCUT2D eigenvalue weighted by molar-refractivity contribution is 7.99. The van der Waals surface area contributed by atoms with Gasteiger partial charge >= 0.3 is 0 Å². The minimum atomic E-state index is -0.147. The number of nitrogens with zero attached hydrogens (tertiary/aromatic N) is 1. The van der Waals surface area contributed by atoms with E-state index in [4.69, 9.17) is 10.00 Å². The van der Waals surface area contributed by atoms with Crippen LogP contribution in [0.5, 0.6) is 11.5 Å². The average Bonchev–Trinajstić information content (AvgIpc) is 2.83. The van der Waals surface area contributed by atoms with Crippen LogP contribution in [0.1, 0.15) is 43.4 Å². The predicted molar refractivity (Wildman–Crippen MR) is 136 cm³/mol. The zero-order valence-corrected chi connectivity index (χ0v) is 20.0. The Hall–Kier alpha value is -2.97. The molecule has 2 aromatic rings. The molecule has 172 valence electrons. The standard InChI is InChI=1S/C28H32N2O2S/c1-3-10-22(18-30-20-29)11-9-15-26(31)25-19-33-28(17-21(25)2)24-14-7-8-16-27(24)32-23-12-5-4-6-13-23/h4-9,12-16,22,25,28,30H,2-3,10-11,17-19H2,1H3/b15-9+/t22-,25?,28?/m1/s1. The number of rotatable bonds is 11. The van der Waals surface area contributed by atoms with E-state index in [0.29, 0.717) is 12.5 Å². The Morgan fingerprint density at radius 3 is 2.76 bits per heavy atom. The summed E-state index contributed by atoms with van der Waals surface area (Å²) in [7, 11) is 0. The van der Waals surface area contributed by atoms with Crippen LogP contribution >= 0.6 is 11.8 Å². The lowest BCUT2D eigenvalue weighted by Gasteiger charge is -2.30. The molecule has 0 saturated carbocycles. The summed E-state index contributed by atoms with van der Waals surface area (Å²) in [6.45, 7) is 7.05. The Balaban J connectivity index is 1.59. The minimum Gasteiger partial charge on any atom is -0.457 e. The van der Waals surface area contributed by atoms with Crippen LogP contribution in [-0.4, -0.2) is 18.1 Å². The number of nitrogens with one attached hydrogen (secondary N) is 1. The van der Waals surface area contributed by atoms with Crippen LogP contribution < -0.4 is 10.1 Å². The topological polar surface area (TPSA) is 62.1 Å². The van der Waals surface area contributed by atoms with Crippen LogP contribution in [-0.2, 0) is 4.79 Å². The van der Waals surface area contributed by atoms with E-state index in [1.807, 2.05) is 60.8 Å². The molecule has 0 amide bonds. The van der Waals surface area contributed by atoms with Gasteiger partial charge in [0.15, 0.2) is 12.0 Å². The second kappa shape index (κ2) is 12.9. The maximum atomic E-state index is 12.9. The number of thioether (sulfide) groups is 1. The molecule has 1 heterocycles. The Morgan fingerprint density at radius 1 is 1.27 bits per heavy atom. The molecule has 1 saturated heterocycles. The number of ether oxygens (including phenoxy) is 1. The molecule has 4 nitrogen and oxygen atoms in total. The molecule has 0 bridgehead atoms. The molecular formula is C28H32N2O2S. The number of carbonyl (C=O) groups is 1. The van der Waals surface area contributed by atoms with E-state index in [1.54, 1.807) is 17.8 Å². The molecule has 1 N–H and O–H groups in total. The number of hydrogen-bond donors (Lipinski definition) is 1. The first-order chi connectivity index (χ1) is 16.1. The Morgan fingerprint density at radius 2 is 2.03 bits per heavy atom. The van der Waals surface area contributed by atoms with Crippen molar-refractivity contribution in [2.45, 2.75) is 37.9 Å². The molecular weight excluding hydrogens is 428 g/mol. The average molecular weight is 461 g/mol. The molecule has 0 aromatic heterocycles. The molecule has 3 rings (SSSR count). The molecule has 33 heavy (non-hydrogen) atoms. The molecule has 1 aliphatic heterocycles. The highest BCUT2D eigenvalue weighted by Crippen LogP contribution is 2.46. The Kier molecular flexibility index (Phi) is 9.65. The van der Waals surface area contributed by atoms with Crippen molar-refractivity contribution in [3.05, 3.63) is 84.5 Å². The fourth-order valence-corrected chi connectivity index (χ4v) is 5.63. The molecule has 0 spiro atoms. The lowest BCUT2D eigenvalue weighted by atomic mass is 9.90. The predicted octanol–water partition coefficient (Wildman–Crippen LogP) is 6.83. The quantitative estimate of drug-likeness (QED) is 0.172. The van der Waals surface area contributed by atoms with Crippen molar-refractivity contribution in [3.63, 3.8) is 0 Å². The zero-order valence-electron chi connectivity index (χ0n) is 19.2. The molecule has 5 heteroatoms. The first-order valence-corrected chi connectivity index (χ1v) is 12.6. The molecule has 0 aliphatic carbocycles. The summed E-state index contributed by atoms with van der Waals surface area (Å²) < 4.78 is 6.15. The van der Waals surface area contributed by atoms with Gasteiger partial charge in [-0.3, -0.25) is 4.79 Å². The van der Waals surface area contributed by atoms with E-state index in [2.05, 4.69) is 24.9 Å². The smallest absolute Gasteiger partial charge is 0.176 e. The second-order valence-corrected chi connectivity index (χ2v) is 9.61. The first kappa shape index (κ1) is 24.7. The van der Waals surface area contributed by atoms with Gasteiger partial charge in [-0.05, 0) is 49.5 Å². The third kappa shape index (κ3) is 7.27. The zero-order chi connectivity index (χ0) is 23.5. The summed E-state index contributed by atoms with van der Waals surface area (Å²) in [4.78, 5) is 12.9. The van der Waals surface area contributed by atoms with E-state index in [0.717, 1.165) is 54.1 Å². The van der Waals surface area contributed by atoms with E-state index >= 15 is 0 Å². The maximum Gasteiger partial charge on any atom is 0.176 e. The molecule has 2 aromatic carbocycles. The van der Waals surface area contributed by atoms with Gasteiger partial charge in [0.05, 0.1) is 5.92 Å². The second-order valence-electron chi connectivity index (χ2n) is 8.38. The lowest BCUT2D eigenvalue weighted by Crippen LogP contribution is -2.23. The van der Waals surface area contributed by atoms with Gasteiger partial charge in [0.2, 0.25) is 0 Å². The SMILES string of the molecule is C=C1CC(c2ccccc2Oc2ccccc2)SCC1C(=O)/C=C/C[C@@H](CCC)CNC#N. The van der Waals surface area contributed by atoms with Crippen molar-refractivity contribution in [2.24, 2.45) is 11.8 Å². The van der Waals surface area contributed by atoms with E-state index in [9.17, 15) is 4.79 Å². The van der Waals surface area contributed by atoms with Crippen LogP contribution in [0.2, 0.25) is 0 Å². The number of nitriles is 1. The van der Waals surface area contributed by atoms with E-state index in [-0.39, 0.29) is 17.0 Å². The van der Waals surface area contributed by atoms with Crippen molar-refractivity contribution >= 4 is 17.5 Å². The molecule has 1 fully saturated rings. The van der Waals surface area contributed by atoms with Gasteiger partial charge in [-0.15, -0.1) is 0 Å². The van der Waals surface area contributed by atoms with Crippen LogP contribution in [0.25, 0.3) is 0 Å². The summed E-state index contributed by atoms with van der Waals surface area (Å²) in [6.07, 6.45) is 9.32. The normalized spacial score (nSPS) is 19.1. The fraction of sp³-hybridized carbons (Fsp3) is 0.357. The third-order valence-corrected chi connectivity index (χ3v) is 7.25. The molecule has 3 atom stereocenters. The van der Waals surface area contributed by atoms with Crippen LogP contribution in [0.4, 0.5) is 0 Å². The summed E-state index contributed by atoms with van der Waals surface area (Å²) >= 11 is 1.80. The molecule has 0 radical (unpaired) electrons. The number of carbonyl (C=O) groups excluding carboxylic acids is 1. The lowest BCUT2D eigenvalue weighted by molar-refractivity contribution is -0.116. The van der Waals surface area contributed by atoms with Gasteiger partial charge in [0.25, 0.3) is 0 Å². The summed E-state index contributed by atoms with van der Waals surface area (Å²) in [5.41, 5.74) is 2.13. The van der Waals surface area contributed by atoms with Gasteiger partial charge in [0, 0.05) is 23.1 Å². The van der Waals surface area contributed by atoms with Crippen molar-refractivity contribution in [3.8, 4) is 17.7 Å². The van der Waals surface area contributed by atoms with Gasteiger partial charge in [-0.2, -0.15) is 17.0 Å². The van der Waals surface area contributed by atoms with E-state index < -0.39 is 0 Å². The maximum absolute atomic E-state index is 12.9. The number of benzene rings is 2. The van der Waals surface area contributed by atoms with E-state index in [1.165, 1.54) is 0 Å². The van der Waals surface area contributed by atoms with Crippen molar-refractivity contribution < 1.29 is 9.53 Å². The number of hydrogen-bond acceptors (Lipinski definition) is 5. The fourth-order valence-electron chi connectivity index (χ4n) is 4.10. The number of allylic oxidation sites excluding steroid dienone is 3. The third-order valence-electron chi connectivity index (χ3n) is 5.90. The van der Waals surface area contributed by atoms with Crippen LogP contribution in [0.15, 0.2) is 78.9 Å². The van der Waals surface area contributed by atoms with Gasteiger partial charge in [-0.1, -0.05) is 68.0 Å². The van der Waals surface area contributed by atoms with Gasteiger partial charge < -0.3 is 10.1 Å².